The van der Waals surface area contributed by atoms with Crippen molar-refractivity contribution in [2.45, 2.75) is 51.3 Å². The van der Waals surface area contributed by atoms with Crippen molar-refractivity contribution in [3.63, 3.8) is 0 Å². The fourth-order valence-electron chi connectivity index (χ4n) is 3.59. The molecule has 162 valence electrons. The van der Waals surface area contributed by atoms with E-state index < -0.39 is 28.4 Å². The largest absolute Gasteiger partial charge is 0.418 e. The van der Waals surface area contributed by atoms with Crippen LogP contribution in [0.5, 0.6) is 0 Å². The lowest BCUT2D eigenvalue weighted by molar-refractivity contribution is -0.144. The van der Waals surface area contributed by atoms with Gasteiger partial charge in [-0.2, -0.15) is 13.9 Å². The van der Waals surface area contributed by atoms with Crippen LogP contribution < -0.4 is 16.3 Å². The zero-order valence-corrected chi connectivity index (χ0v) is 16.9. The van der Waals surface area contributed by atoms with Crippen molar-refractivity contribution in [3.8, 4) is 0 Å². The summed E-state index contributed by atoms with van der Waals surface area (Å²) in [4.78, 5) is 33.9. The minimum Gasteiger partial charge on any atom is -0.314 e. The molecule has 2 rings (SSSR count). The molecule has 0 aromatic rings. The zero-order chi connectivity index (χ0) is 20.7. The highest BCUT2D eigenvalue weighted by Crippen LogP contribution is 2.21. The van der Waals surface area contributed by atoms with Crippen LogP contribution in [0.1, 0.15) is 33.1 Å². The quantitative estimate of drug-likeness (QED) is 0.271. The first kappa shape index (κ1) is 22.8. The van der Waals surface area contributed by atoms with Gasteiger partial charge in [-0.15, -0.1) is 4.28 Å². The molecule has 4 N–H and O–H groups in total. The second kappa shape index (κ2) is 10.3. The average Bonchev–Trinajstić information content (AvgIpc) is 3.07. The highest BCUT2D eigenvalue weighted by Gasteiger charge is 2.38. The van der Waals surface area contributed by atoms with E-state index in [1.165, 1.54) is 0 Å². The Morgan fingerprint density at radius 1 is 1.32 bits per heavy atom. The van der Waals surface area contributed by atoms with E-state index in [-0.39, 0.29) is 18.7 Å². The van der Waals surface area contributed by atoms with Gasteiger partial charge >= 0.3 is 16.4 Å². The Labute approximate surface area is 164 Å². The fourth-order valence-corrected chi connectivity index (χ4v) is 3.77. The highest BCUT2D eigenvalue weighted by atomic mass is 32.3. The van der Waals surface area contributed by atoms with Gasteiger partial charge in [0.05, 0.1) is 6.04 Å². The number of likely N-dealkylation sites (N-methyl/N-ethyl adjacent to an activating group) is 1. The van der Waals surface area contributed by atoms with Crippen LogP contribution in [-0.4, -0.2) is 85.6 Å². The van der Waals surface area contributed by atoms with E-state index in [9.17, 15) is 18.0 Å². The van der Waals surface area contributed by atoms with Crippen LogP contribution in [0.25, 0.3) is 0 Å². The van der Waals surface area contributed by atoms with Gasteiger partial charge in [0.15, 0.2) is 0 Å². The summed E-state index contributed by atoms with van der Waals surface area (Å²) in [6.07, 6.45) is 1.59. The molecule has 2 aliphatic rings. The van der Waals surface area contributed by atoms with Crippen molar-refractivity contribution in [2.24, 2.45) is 0 Å². The van der Waals surface area contributed by atoms with Gasteiger partial charge in [-0.25, -0.2) is 10.3 Å². The number of carbonyl (C=O) groups excluding carboxylic acids is 2. The molecule has 0 bridgehead atoms. The fraction of sp³-hybridized carbons (Fsp3) is 0.867. The van der Waals surface area contributed by atoms with Crippen LogP contribution in [0.4, 0.5) is 4.79 Å². The summed E-state index contributed by atoms with van der Waals surface area (Å²) in [5.74, 6) is -0.507. The molecule has 0 aromatic heterocycles. The number of carbonyl (C=O) groups is 2. The van der Waals surface area contributed by atoms with E-state index >= 15 is 0 Å². The summed E-state index contributed by atoms with van der Waals surface area (Å²) in [5, 5.41) is 3.31. The molecule has 28 heavy (non-hydrogen) atoms. The van der Waals surface area contributed by atoms with Gasteiger partial charge in [0.2, 0.25) is 0 Å². The summed E-state index contributed by atoms with van der Waals surface area (Å²) < 4.78 is 33.7. The lowest BCUT2D eigenvalue weighted by Crippen LogP contribution is -2.55. The van der Waals surface area contributed by atoms with Gasteiger partial charge in [-0.1, -0.05) is 13.3 Å². The number of rotatable bonds is 9. The van der Waals surface area contributed by atoms with Crippen LogP contribution in [0.15, 0.2) is 0 Å². The van der Waals surface area contributed by atoms with Crippen LogP contribution in [0, 0.1) is 0 Å². The number of hydrogen-bond acceptors (Lipinski definition) is 8. The topological polar surface area (TPSA) is 150 Å². The molecule has 2 aliphatic heterocycles. The summed E-state index contributed by atoms with van der Waals surface area (Å²) in [7, 11) is -4.85. The monoisotopic (exact) mass is 423 g/mol. The molecule has 0 spiro atoms. The van der Waals surface area contributed by atoms with Gasteiger partial charge < -0.3 is 10.2 Å². The first-order valence-corrected chi connectivity index (χ1v) is 10.8. The van der Waals surface area contributed by atoms with Gasteiger partial charge in [0.1, 0.15) is 12.1 Å². The predicted octanol–water partition coefficient (Wildman–Crippen LogP) is -0.985. The Kier molecular flexibility index (Phi) is 8.39. The third-order valence-corrected chi connectivity index (χ3v) is 5.21. The number of fused-ring (bicyclic) bond motifs is 1. The Morgan fingerprint density at radius 3 is 2.71 bits per heavy atom. The molecule has 0 saturated carbocycles. The molecular weight excluding hydrogens is 394 g/mol. The third kappa shape index (κ3) is 6.25. The van der Waals surface area contributed by atoms with E-state index in [1.54, 1.807) is 12.4 Å². The summed E-state index contributed by atoms with van der Waals surface area (Å²) in [5.41, 5.74) is 4.08. The van der Waals surface area contributed by atoms with Crippen molar-refractivity contribution in [1.82, 2.24) is 26.1 Å². The van der Waals surface area contributed by atoms with E-state index in [1.807, 2.05) is 6.92 Å². The van der Waals surface area contributed by atoms with Gasteiger partial charge in [-0.05, 0) is 19.8 Å². The molecule has 2 heterocycles. The molecule has 2 saturated heterocycles. The average molecular weight is 423 g/mol. The Hall–Kier alpha value is -1.51. The number of hydrogen-bond donors (Lipinski definition) is 4. The third-order valence-electron chi connectivity index (χ3n) is 4.92. The number of nitrogens with zero attached hydrogens (tertiary/aromatic N) is 2. The number of nitrogens with one attached hydrogen (secondary N) is 3. The van der Waals surface area contributed by atoms with Crippen molar-refractivity contribution in [3.05, 3.63) is 0 Å². The van der Waals surface area contributed by atoms with E-state index in [0.717, 1.165) is 37.5 Å². The molecule has 0 radical (unpaired) electrons. The SMILES string of the molecule is CCC[C@@H](C(=O)NOC1CCN2CCNCC12)N(CC)C(=O)NOS(=O)(=O)O. The van der Waals surface area contributed by atoms with Crippen LogP contribution in [-0.2, 0) is 24.3 Å². The van der Waals surface area contributed by atoms with Gasteiger partial charge in [0.25, 0.3) is 5.91 Å². The van der Waals surface area contributed by atoms with Gasteiger partial charge in [-0.3, -0.25) is 19.1 Å². The number of piperazine rings is 1. The lowest BCUT2D eigenvalue weighted by Gasteiger charge is -2.33. The van der Waals surface area contributed by atoms with E-state index in [0.29, 0.717) is 12.8 Å². The van der Waals surface area contributed by atoms with Crippen LogP contribution in [0.2, 0.25) is 0 Å². The number of urea groups is 1. The standard InChI is InChI=1S/C15H29N5O7S/c1-3-5-11(20(4-2)15(22)18-27-28(23,24)25)14(21)17-26-13-6-8-19-9-7-16-10-12(13)19/h11-13,16H,3-10H2,1-2H3,(H,17,21)(H,18,22)(H,23,24,25)/t11-,12?,13?/m0/s1. The maximum absolute atomic E-state index is 12.7. The van der Waals surface area contributed by atoms with Crippen molar-refractivity contribution in [1.29, 1.82) is 0 Å². The summed E-state index contributed by atoms with van der Waals surface area (Å²) >= 11 is 0. The second-order valence-corrected chi connectivity index (χ2v) is 7.75. The first-order chi connectivity index (χ1) is 13.3. The molecule has 0 aliphatic carbocycles. The first-order valence-electron chi connectivity index (χ1n) is 9.39. The highest BCUT2D eigenvalue weighted by molar-refractivity contribution is 7.80. The summed E-state index contributed by atoms with van der Waals surface area (Å²) in [6, 6.07) is -1.66. The normalized spacial score (nSPS) is 23.7. The maximum atomic E-state index is 12.7. The Bertz CT molecular complexity index is 647. The smallest absolute Gasteiger partial charge is 0.314 e. The van der Waals surface area contributed by atoms with E-state index in [2.05, 4.69) is 20.0 Å². The molecule has 13 heteroatoms. The minimum atomic E-state index is -4.85. The van der Waals surface area contributed by atoms with E-state index in [4.69, 9.17) is 9.39 Å². The minimum absolute atomic E-state index is 0.114. The molecule has 3 amide bonds. The molecular formula is C15H29N5O7S. The lowest BCUT2D eigenvalue weighted by atomic mass is 10.1. The van der Waals surface area contributed by atoms with Crippen molar-refractivity contribution < 1.29 is 31.7 Å². The number of hydroxylamine groups is 2. The summed E-state index contributed by atoms with van der Waals surface area (Å²) in [6.45, 7) is 7.16. The molecule has 3 atom stereocenters. The van der Waals surface area contributed by atoms with Crippen molar-refractivity contribution in [2.75, 3.05) is 32.7 Å². The zero-order valence-electron chi connectivity index (χ0n) is 16.1. The van der Waals surface area contributed by atoms with Crippen LogP contribution >= 0.6 is 0 Å². The molecule has 0 aromatic carbocycles. The molecule has 2 unspecified atom stereocenters. The van der Waals surface area contributed by atoms with Crippen LogP contribution in [0.3, 0.4) is 0 Å². The molecule has 2 fully saturated rings. The molecule has 12 nitrogen and oxygen atoms in total. The Morgan fingerprint density at radius 2 is 2.07 bits per heavy atom. The maximum Gasteiger partial charge on any atom is 0.418 e. The predicted molar refractivity (Wildman–Crippen MR) is 98.1 cm³/mol. The van der Waals surface area contributed by atoms with Gasteiger partial charge in [0, 0.05) is 32.7 Å². The second-order valence-electron chi connectivity index (χ2n) is 6.73. The number of amides is 3. The Balaban J connectivity index is 1.94. The van der Waals surface area contributed by atoms with Crippen molar-refractivity contribution >= 4 is 22.3 Å².